The van der Waals surface area contributed by atoms with Crippen LogP contribution in [-0.4, -0.2) is 60.2 Å². The fourth-order valence-corrected chi connectivity index (χ4v) is 4.37. The zero-order chi connectivity index (χ0) is 25.8. The first kappa shape index (κ1) is 25.4. The quantitative estimate of drug-likeness (QED) is 0.334. The Hall–Kier alpha value is -3.27. The number of amides is 1. The first-order valence-electron chi connectivity index (χ1n) is 12.3. The highest BCUT2D eigenvalue weighted by Gasteiger charge is 2.26. The molecule has 1 aromatic heterocycles. The van der Waals surface area contributed by atoms with Crippen molar-refractivity contribution in [3.05, 3.63) is 59.7 Å². The monoisotopic (exact) mass is 525 g/mol. The molecule has 0 radical (unpaired) electrons. The van der Waals surface area contributed by atoms with Gasteiger partial charge in [0, 0.05) is 49.5 Å². The third-order valence-corrected chi connectivity index (χ3v) is 6.87. The molecule has 1 saturated heterocycles. The second kappa shape index (κ2) is 11.4. The summed E-state index contributed by atoms with van der Waals surface area (Å²) in [6.45, 7) is 2.97. The number of halogens is 2. The molecule has 2 fully saturated rings. The molecule has 8 nitrogen and oxygen atoms in total. The third-order valence-electron chi connectivity index (χ3n) is 6.58. The van der Waals surface area contributed by atoms with Gasteiger partial charge in [-0.15, -0.1) is 0 Å². The van der Waals surface area contributed by atoms with Crippen LogP contribution in [0, 0.1) is 11.7 Å². The Balaban J connectivity index is 1.36. The summed E-state index contributed by atoms with van der Waals surface area (Å²) in [7, 11) is 1.70. The molecule has 194 valence electrons. The molecule has 1 atom stereocenters. The predicted molar refractivity (Wildman–Crippen MR) is 142 cm³/mol. The van der Waals surface area contributed by atoms with Gasteiger partial charge in [-0.3, -0.25) is 9.69 Å². The van der Waals surface area contributed by atoms with E-state index in [2.05, 4.69) is 25.5 Å². The van der Waals surface area contributed by atoms with Crippen molar-refractivity contribution in [2.75, 3.05) is 44.0 Å². The van der Waals surface area contributed by atoms with Gasteiger partial charge in [0.05, 0.1) is 29.4 Å². The van der Waals surface area contributed by atoms with E-state index in [4.69, 9.17) is 21.1 Å². The summed E-state index contributed by atoms with van der Waals surface area (Å²) in [5.74, 6) is 0.837. The lowest BCUT2D eigenvalue weighted by Crippen LogP contribution is -2.50. The molecule has 1 amide bonds. The van der Waals surface area contributed by atoms with Crippen LogP contribution >= 0.6 is 11.6 Å². The summed E-state index contributed by atoms with van der Waals surface area (Å²) in [6.07, 6.45) is 8.24. The van der Waals surface area contributed by atoms with Crippen LogP contribution in [0.4, 0.5) is 21.6 Å². The summed E-state index contributed by atoms with van der Waals surface area (Å²) in [6, 6.07) is 8.35. The molecule has 1 unspecified atom stereocenters. The van der Waals surface area contributed by atoms with Crippen LogP contribution in [0.3, 0.4) is 0 Å². The van der Waals surface area contributed by atoms with Gasteiger partial charge in [-0.2, -0.15) is 0 Å². The van der Waals surface area contributed by atoms with Gasteiger partial charge in [0.25, 0.3) is 0 Å². The van der Waals surface area contributed by atoms with Gasteiger partial charge in [0.2, 0.25) is 5.91 Å². The maximum absolute atomic E-state index is 13.6. The van der Waals surface area contributed by atoms with E-state index in [-0.39, 0.29) is 10.9 Å². The summed E-state index contributed by atoms with van der Waals surface area (Å²) >= 11 is 5.94. The van der Waals surface area contributed by atoms with Crippen LogP contribution < -0.4 is 15.4 Å². The van der Waals surface area contributed by atoms with Crippen LogP contribution in [0.5, 0.6) is 5.75 Å². The molecule has 37 heavy (non-hydrogen) atoms. The number of benzene rings is 2. The summed E-state index contributed by atoms with van der Waals surface area (Å²) < 4.78 is 24.9. The zero-order valence-electron chi connectivity index (χ0n) is 20.5. The average molecular weight is 526 g/mol. The molecule has 1 aliphatic heterocycles. The van der Waals surface area contributed by atoms with Crippen LogP contribution in [0.15, 0.2) is 48.8 Å². The zero-order valence-corrected chi connectivity index (χ0v) is 21.3. The molecule has 10 heteroatoms. The molecule has 0 bridgehead atoms. The minimum Gasteiger partial charge on any atom is -0.491 e. The smallest absolute Gasteiger partial charge is 0.248 e. The topological polar surface area (TPSA) is 88.6 Å². The summed E-state index contributed by atoms with van der Waals surface area (Å²) in [5.41, 5.74) is 1.75. The van der Waals surface area contributed by atoms with Crippen LogP contribution in [-0.2, 0) is 9.53 Å². The highest BCUT2D eigenvalue weighted by molar-refractivity contribution is 6.31. The lowest BCUT2D eigenvalue weighted by Gasteiger charge is -2.39. The van der Waals surface area contributed by atoms with Gasteiger partial charge in [-0.1, -0.05) is 17.7 Å². The number of aromatic nitrogens is 2. The highest BCUT2D eigenvalue weighted by atomic mass is 35.5. The second-order valence-electron chi connectivity index (χ2n) is 9.38. The standard InChI is InChI=1S/C27H29ClFN5O3/c1-36-15-19-8-10-34(19)9-2-3-26(35)33-24-12-20-23(13-25(24)37-14-17-4-5-17)30-16-31-27(20)32-18-6-7-22(29)21(28)11-18/h2-3,6-7,11-13,16-17,19H,4-5,8-10,14-15H2,1H3,(H,33,35)(H,30,31,32)/b3-2+. The lowest BCUT2D eigenvalue weighted by atomic mass is 10.0. The van der Waals surface area contributed by atoms with E-state index in [0.717, 1.165) is 25.8 Å². The average Bonchev–Trinajstić information content (AvgIpc) is 3.70. The Bertz CT molecular complexity index is 1320. The Labute approximate surface area is 219 Å². The molecule has 2 aromatic carbocycles. The Kier molecular flexibility index (Phi) is 7.83. The lowest BCUT2D eigenvalue weighted by molar-refractivity contribution is -0.111. The van der Waals surface area contributed by atoms with Gasteiger partial charge >= 0.3 is 0 Å². The number of carbonyl (C=O) groups is 1. The SMILES string of the molecule is COCC1CCN1C/C=C/C(=O)Nc1cc2c(Nc3ccc(F)c(Cl)c3)ncnc2cc1OCC1CC1. The molecular formula is C27H29ClFN5O3. The minimum atomic E-state index is -0.501. The first-order chi connectivity index (χ1) is 18.0. The number of anilines is 3. The number of hydrogen-bond donors (Lipinski definition) is 2. The number of likely N-dealkylation sites (tertiary alicyclic amines) is 1. The normalized spacial score (nSPS) is 17.6. The van der Waals surface area contributed by atoms with Crippen molar-refractivity contribution in [1.29, 1.82) is 0 Å². The number of methoxy groups -OCH3 is 1. The van der Waals surface area contributed by atoms with Crippen molar-refractivity contribution >= 4 is 45.6 Å². The van der Waals surface area contributed by atoms with Gasteiger partial charge < -0.3 is 20.1 Å². The number of nitrogens with one attached hydrogen (secondary N) is 2. The van der Waals surface area contributed by atoms with Gasteiger partial charge in [0.15, 0.2) is 0 Å². The molecule has 2 heterocycles. The Morgan fingerprint density at radius 3 is 2.81 bits per heavy atom. The van der Waals surface area contributed by atoms with E-state index in [9.17, 15) is 9.18 Å². The minimum absolute atomic E-state index is 0.00521. The van der Waals surface area contributed by atoms with Crippen LogP contribution in [0.1, 0.15) is 19.3 Å². The molecule has 5 rings (SSSR count). The predicted octanol–water partition coefficient (Wildman–Crippen LogP) is 5.17. The van der Waals surface area contributed by atoms with Crippen molar-refractivity contribution in [3.8, 4) is 5.75 Å². The fraction of sp³-hybridized carbons (Fsp3) is 0.370. The van der Waals surface area contributed by atoms with E-state index in [1.807, 2.05) is 6.08 Å². The molecule has 2 N–H and O–H groups in total. The number of fused-ring (bicyclic) bond motifs is 1. The molecule has 0 spiro atoms. The molecular weight excluding hydrogens is 497 g/mol. The molecule has 3 aromatic rings. The van der Waals surface area contributed by atoms with E-state index in [1.165, 1.54) is 24.5 Å². The fourth-order valence-electron chi connectivity index (χ4n) is 4.19. The van der Waals surface area contributed by atoms with Gasteiger partial charge in [-0.05, 0) is 49.4 Å². The molecule has 1 saturated carbocycles. The third kappa shape index (κ3) is 6.36. The number of carbonyl (C=O) groups excluding carboxylic acids is 1. The largest absolute Gasteiger partial charge is 0.491 e. The van der Waals surface area contributed by atoms with Crippen molar-refractivity contribution in [2.24, 2.45) is 5.92 Å². The van der Waals surface area contributed by atoms with Gasteiger partial charge in [-0.25, -0.2) is 14.4 Å². The van der Waals surface area contributed by atoms with E-state index < -0.39 is 5.82 Å². The van der Waals surface area contributed by atoms with Crippen LogP contribution in [0.25, 0.3) is 10.9 Å². The number of hydrogen-bond acceptors (Lipinski definition) is 7. The maximum Gasteiger partial charge on any atom is 0.248 e. The summed E-state index contributed by atoms with van der Waals surface area (Å²) in [4.78, 5) is 23.8. The highest BCUT2D eigenvalue weighted by Crippen LogP contribution is 2.36. The van der Waals surface area contributed by atoms with E-state index >= 15 is 0 Å². The number of rotatable bonds is 11. The second-order valence-corrected chi connectivity index (χ2v) is 9.79. The molecule has 1 aliphatic carbocycles. The van der Waals surface area contributed by atoms with E-state index in [0.29, 0.717) is 65.6 Å². The number of nitrogens with zero attached hydrogens (tertiary/aromatic N) is 3. The van der Waals surface area contributed by atoms with Crippen LogP contribution in [0.2, 0.25) is 5.02 Å². The Morgan fingerprint density at radius 2 is 2.08 bits per heavy atom. The van der Waals surface area contributed by atoms with Gasteiger partial charge in [0.1, 0.15) is 23.7 Å². The van der Waals surface area contributed by atoms with Crippen molar-refractivity contribution < 1.29 is 18.7 Å². The van der Waals surface area contributed by atoms with Crippen molar-refractivity contribution in [1.82, 2.24) is 14.9 Å². The Morgan fingerprint density at radius 1 is 1.22 bits per heavy atom. The van der Waals surface area contributed by atoms with Crippen molar-refractivity contribution in [3.63, 3.8) is 0 Å². The molecule has 2 aliphatic rings. The summed E-state index contributed by atoms with van der Waals surface area (Å²) in [5, 5.41) is 6.79. The van der Waals surface area contributed by atoms with E-state index in [1.54, 1.807) is 25.3 Å². The van der Waals surface area contributed by atoms with Crippen molar-refractivity contribution in [2.45, 2.75) is 25.3 Å². The first-order valence-corrected chi connectivity index (χ1v) is 12.7. The number of ether oxygens (including phenoxy) is 2. The maximum atomic E-state index is 13.6.